The van der Waals surface area contributed by atoms with Crippen molar-refractivity contribution < 1.29 is 17.1 Å². The molecule has 10 rings (SSSR count). The van der Waals surface area contributed by atoms with Gasteiger partial charge in [0.15, 0.2) is 23.3 Å². The zero-order valence-electron chi connectivity index (χ0n) is 38.0. The minimum Gasteiger partial charge on any atom is -0.473 e. The molecule has 15 heteroatoms. The Hall–Kier alpha value is -7.19. The molecule has 0 saturated heterocycles. The van der Waals surface area contributed by atoms with E-state index in [9.17, 15) is 0 Å². The molecule has 330 valence electrons. The normalized spacial score (nSPS) is 16.1. The van der Waals surface area contributed by atoms with Crippen LogP contribution in [0.15, 0.2) is 127 Å². The smallest absolute Gasteiger partial charge is 0.473 e. The van der Waals surface area contributed by atoms with E-state index in [0.29, 0.717) is 52.6 Å². The Morgan fingerprint density at radius 2 is 0.955 bits per heavy atom. The van der Waals surface area contributed by atoms with Gasteiger partial charge in [0.05, 0.1) is 0 Å². The second-order valence-electron chi connectivity index (χ2n) is 17.3. The summed E-state index contributed by atoms with van der Waals surface area (Å²) in [4.78, 5) is 32.6. The van der Waals surface area contributed by atoms with Gasteiger partial charge in [0.25, 0.3) is 0 Å². The number of terminal acetylenes is 1. The number of hydrogen-bond acceptors (Lipinski definition) is 10. The van der Waals surface area contributed by atoms with Gasteiger partial charge in [-0.2, -0.15) is 0 Å². The van der Waals surface area contributed by atoms with Crippen molar-refractivity contribution in [3.05, 3.63) is 130 Å². The van der Waals surface area contributed by atoms with E-state index >= 15 is 0 Å². The Bertz CT molecular complexity index is 3380. The van der Waals surface area contributed by atoms with Gasteiger partial charge in [0.2, 0.25) is 0 Å². The molecule has 6 bridgehead atoms. The number of amidine groups is 4. The maximum atomic E-state index is 8.02. The number of unbranched alkanes of at least 4 members (excludes halogenated alkanes) is 5. The molecule has 6 aromatic rings. The molecule has 0 amide bonds. The van der Waals surface area contributed by atoms with Crippen molar-refractivity contribution in [3.8, 4) is 48.1 Å². The lowest BCUT2D eigenvalue weighted by molar-refractivity contribution is 0.203. The van der Waals surface area contributed by atoms with Gasteiger partial charge in [-0.15, -0.1) is 6.42 Å². The summed E-state index contributed by atoms with van der Waals surface area (Å²) in [6.45, 7) is 10.8. The molecule has 4 aliphatic rings. The third-order valence-corrected chi connectivity index (χ3v) is 21.2. The summed E-state index contributed by atoms with van der Waals surface area (Å²) in [5.74, 6) is 18.5. The quantitative estimate of drug-likeness (QED) is 0.0653. The average molecular weight is 931 g/mol. The van der Waals surface area contributed by atoms with Gasteiger partial charge in [-0.25, -0.2) is 30.0 Å². The molecule has 12 nitrogen and oxygen atoms in total. The highest BCUT2D eigenvalue weighted by molar-refractivity contribution is 6.85. The van der Waals surface area contributed by atoms with Crippen molar-refractivity contribution >= 4 is 82.5 Å². The Morgan fingerprint density at radius 3 is 1.49 bits per heavy atom. The van der Waals surface area contributed by atoms with E-state index in [1.165, 1.54) is 19.3 Å². The van der Waals surface area contributed by atoms with Crippen molar-refractivity contribution in [2.75, 3.05) is 6.61 Å². The summed E-state index contributed by atoms with van der Waals surface area (Å²) in [7, 11) is -11.4. The molecular weight excluding hydrogens is 885 g/mol. The van der Waals surface area contributed by atoms with Gasteiger partial charge < -0.3 is 17.1 Å². The second kappa shape index (κ2) is 17.9. The van der Waals surface area contributed by atoms with Gasteiger partial charge in [-0.05, 0) is 50.4 Å². The first-order valence-corrected chi connectivity index (χ1v) is 29.9. The van der Waals surface area contributed by atoms with E-state index in [4.69, 9.17) is 53.5 Å². The van der Waals surface area contributed by atoms with Gasteiger partial charge >= 0.3 is 26.0 Å². The maximum absolute atomic E-state index is 8.02. The van der Waals surface area contributed by atoms with Crippen molar-refractivity contribution in [2.24, 2.45) is 30.0 Å². The van der Waals surface area contributed by atoms with Crippen LogP contribution in [-0.4, -0.2) is 64.4 Å². The van der Waals surface area contributed by atoms with Crippen LogP contribution in [0.4, 0.5) is 11.6 Å². The van der Waals surface area contributed by atoms with E-state index in [0.717, 1.165) is 63.1 Å². The average Bonchev–Trinajstić information content (AvgIpc) is 4.04. The molecule has 1 atom stereocenters. The molecule has 1 unspecified atom stereocenters. The first-order chi connectivity index (χ1) is 32.6. The molecular formula is C52H46N8O4Si3. The maximum Gasteiger partial charge on any atom is 0.586 e. The summed E-state index contributed by atoms with van der Waals surface area (Å²) in [6.07, 6.45) is 14.8. The van der Waals surface area contributed by atoms with E-state index < -0.39 is 26.0 Å². The Balaban J connectivity index is 1.35. The predicted molar refractivity (Wildman–Crippen MR) is 271 cm³/mol. The van der Waals surface area contributed by atoms with Crippen LogP contribution in [0.1, 0.15) is 67.7 Å². The fourth-order valence-corrected chi connectivity index (χ4v) is 19.2. The molecule has 0 fully saturated rings. The van der Waals surface area contributed by atoms with Gasteiger partial charge in [-0.3, -0.25) is 8.47 Å². The summed E-state index contributed by atoms with van der Waals surface area (Å²) < 4.78 is 33.6. The SMILES string of the molecule is C#CC#CC#CC#CO[Si](C)(C)O[Si]1(O[Si](C)(C)OCCCCCCCC)n2c3c4ccccc4c2N=C2N=C(N=c4c5ccccc5c(n41)=NC1=NC(=N3)c3ccccc31)c1ccccc12. The summed E-state index contributed by atoms with van der Waals surface area (Å²) in [5.41, 5.74) is 4.43. The van der Waals surface area contributed by atoms with Crippen LogP contribution >= 0.6 is 0 Å². The minimum absolute atomic E-state index is 0.495. The third kappa shape index (κ3) is 8.13. The topological polar surface area (TPSA) is 121 Å². The second-order valence-corrected chi connectivity index (χ2v) is 27.0. The fourth-order valence-electron chi connectivity index (χ4n) is 8.83. The molecule has 2 aromatic heterocycles. The van der Waals surface area contributed by atoms with Crippen LogP contribution in [0.3, 0.4) is 0 Å². The first kappa shape index (κ1) is 43.7. The van der Waals surface area contributed by atoms with Crippen LogP contribution in [0, 0.1) is 48.1 Å². The Morgan fingerprint density at radius 1 is 0.507 bits per heavy atom. The number of benzene rings is 4. The fraction of sp³-hybridized carbons (Fsp3) is 0.231. The molecule has 6 heterocycles. The highest BCUT2D eigenvalue weighted by Crippen LogP contribution is 2.45. The predicted octanol–water partition coefficient (Wildman–Crippen LogP) is 8.80. The van der Waals surface area contributed by atoms with E-state index in [2.05, 4.69) is 94.4 Å². The standard InChI is InChI=1S/C52H46N8O4Si3/c1-7-9-11-13-15-25-35-61-65(3,4)63-67(64-66(5,6)62-36-26-16-14-12-10-8-2)59-49-41-31-21-22-32-42(41)51(59)57-47-39-29-19-20-30-40(39)48(54-47)58-52-44-34-24-23-33-43(44)50(60(52)67)56-46-38-28-18-17-27-37(38)45(53-46)55-49/h1,17-24,27-34H,8,10,12,14,16,26,36H2,2-6H3. The Kier molecular flexibility index (Phi) is 11.7. The molecule has 4 aliphatic heterocycles. The first-order valence-electron chi connectivity index (χ1n) is 22.5. The molecule has 67 heavy (non-hydrogen) atoms. The zero-order valence-corrected chi connectivity index (χ0v) is 41.0. The summed E-state index contributed by atoms with van der Waals surface area (Å²) in [6, 6.07) is 32.3. The van der Waals surface area contributed by atoms with Crippen LogP contribution in [-0.2, 0) is 17.1 Å². The zero-order chi connectivity index (χ0) is 46.2. The van der Waals surface area contributed by atoms with Gasteiger partial charge in [0, 0.05) is 68.2 Å². The van der Waals surface area contributed by atoms with E-state index in [-0.39, 0.29) is 0 Å². The highest BCUT2D eigenvalue weighted by Gasteiger charge is 2.59. The van der Waals surface area contributed by atoms with Crippen LogP contribution in [0.5, 0.6) is 0 Å². The van der Waals surface area contributed by atoms with Gasteiger partial charge in [0.1, 0.15) is 28.7 Å². The molecule has 0 spiro atoms. The largest absolute Gasteiger partial charge is 0.586 e. The molecule has 0 aliphatic carbocycles. The van der Waals surface area contributed by atoms with Gasteiger partial charge in [-0.1, -0.05) is 136 Å². The van der Waals surface area contributed by atoms with Crippen molar-refractivity contribution in [1.82, 2.24) is 8.47 Å². The number of hydrogen-bond donors (Lipinski definition) is 0. The number of aliphatic imine (C=N–C) groups is 4. The lowest BCUT2D eigenvalue weighted by Gasteiger charge is -2.41. The van der Waals surface area contributed by atoms with E-state index in [1.807, 2.05) is 85.9 Å². The number of rotatable bonds is 13. The van der Waals surface area contributed by atoms with Crippen molar-refractivity contribution in [3.63, 3.8) is 0 Å². The van der Waals surface area contributed by atoms with Crippen molar-refractivity contribution in [2.45, 2.75) is 71.6 Å². The number of fused-ring (bicyclic) bond motifs is 14. The van der Waals surface area contributed by atoms with Crippen LogP contribution in [0.25, 0.3) is 21.5 Å². The lowest BCUT2D eigenvalue weighted by atomic mass is 10.1. The van der Waals surface area contributed by atoms with Crippen LogP contribution in [0.2, 0.25) is 26.2 Å². The minimum atomic E-state index is -4.61. The summed E-state index contributed by atoms with van der Waals surface area (Å²) in [5, 5.41) is 3.22. The summed E-state index contributed by atoms with van der Waals surface area (Å²) >= 11 is 0. The number of aromatic nitrogens is 2. The highest BCUT2D eigenvalue weighted by atomic mass is 28.5. The van der Waals surface area contributed by atoms with Crippen LogP contribution < -0.4 is 11.0 Å². The van der Waals surface area contributed by atoms with Crippen molar-refractivity contribution in [1.29, 1.82) is 0 Å². The lowest BCUT2D eigenvalue weighted by Crippen LogP contribution is -2.70. The monoisotopic (exact) mass is 930 g/mol. The molecule has 4 aromatic carbocycles. The Labute approximate surface area is 392 Å². The third-order valence-electron chi connectivity index (χ3n) is 11.7. The molecule has 0 N–H and O–H groups in total. The molecule has 0 saturated carbocycles. The molecule has 0 radical (unpaired) electrons. The van der Waals surface area contributed by atoms with E-state index in [1.54, 1.807) is 0 Å². The number of nitrogens with zero attached hydrogens (tertiary/aromatic N) is 8.